The number of hydrogen-bond acceptors (Lipinski definition) is 4. The number of rotatable bonds is 4. The smallest absolute Gasteiger partial charge is 0.124 e. The molecule has 0 amide bonds. The molecule has 0 unspecified atom stereocenters. The van der Waals surface area contributed by atoms with Crippen molar-refractivity contribution in [2.45, 2.75) is 0 Å². The van der Waals surface area contributed by atoms with Gasteiger partial charge in [-0.05, 0) is 29.8 Å². The normalized spacial score (nSPS) is 10.4. The Kier molecular flexibility index (Phi) is 3.91. The van der Waals surface area contributed by atoms with Crippen molar-refractivity contribution in [3.05, 3.63) is 65.9 Å². The molecule has 0 aliphatic rings. The highest BCUT2D eigenvalue weighted by atomic mass is 32.1. The number of hydrogen-bond donors (Lipinski definition) is 4. The number of nitrogens with one attached hydrogen (secondary N) is 2. The summed E-state index contributed by atoms with van der Waals surface area (Å²) >= 11 is 1.64. The lowest BCUT2D eigenvalue weighted by Gasteiger charge is -2.01. The zero-order chi connectivity index (χ0) is 16.4. The molecular weight excluding hydrogens is 306 g/mol. The van der Waals surface area contributed by atoms with Crippen molar-refractivity contribution in [1.29, 1.82) is 10.8 Å². The fourth-order valence-corrected chi connectivity index (χ4v) is 3.13. The van der Waals surface area contributed by atoms with Crippen molar-refractivity contribution in [2.24, 2.45) is 11.5 Å². The predicted molar refractivity (Wildman–Crippen MR) is 95.0 cm³/mol. The van der Waals surface area contributed by atoms with E-state index in [4.69, 9.17) is 22.3 Å². The molecular formula is C17H15N5S. The van der Waals surface area contributed by atoms with E-state index in [0.29, 0.717) is 11.1 Å². The first-order valence-electron chi connectivity index (χ1n) is 6.90. The van der Waals surface area contributed by atoms with Gasteiger partial charge in [0.1, 0.15) is 11.7 Å². The van der Waals surface area contributed by atoms with E-state index in [0.717, 1.165) is 21.0 Å². The number of thiophene rings is 1. The average Bonchev–Trinajstić information content (AvgIpc) is 3.05. The van der Waals surface area contributed by atoms with Crippen LogP contribution in [-0.4, -0.2) is 16.7 Å². The molecule has 0 saturated carbocycles. The molecule has 0 aliphatic carbocycles. The molecule has 2 heterocycles. The van der Waals surface area contributed by atoms with E-state index < -0.39 is 0 Å². The third kappa shape index (κ3) is 3.12. The van der Waals surface area contributed by atoms with Crippen LogP contribution in [0, 0.1) is 10.8 Å². The Labute approximate surface area is 137 Å². The second kappa shape index (κ2) is 6.02. The van der Waals surface area contributed by atoms with Crippen LogP contribution in [0.4, 0.5) is 0 Å². The average molecular weight is 321 g/mol. The number of amidine groups is 2. The maximum Gasteiger partial charge on any atom is 0.124 e. The summed E-state index contributed by atoms with van der Waals surface area (Å²) in [6.45, 7) is 0. The SMILES string of the molecule is N=C(N)c1ccc(-c2ccc(-c3ccc(C(=N)N)cn3)s2)cc1. The van der Waals surface area contributed by atoms with Crippen molar-refractivity contribution in [3.8, 4) is 21.0 Å². The van der Waals surface area contributed by atoms with Crippen LogP contribution >= 0.6 is 11.3 Å². The monoisotopic (exact) mass is 321 g/mol. The summed E-state index contributed by atoms with van der Waals surface area (Å²) in [4.78, 5) is 6.52. The minimum Gasteiger partial charge on any atom is -0.384 e. The maximum atomic E-state index is 7.42. The summed E-state index contributed by atoms with van der Waals surface area (Å²) in [6.07, 6.45) is 1.61. The fourth-order valence-electron chi connectivity index (χ4n) is 2.14. The quantitative estimate of drug-likeness (QED) is 0.437. The molecule has 2 aromatic heterocycles. The molecule has 1 aromatic carbocycles. The van der Waals surface area contributed by atoms with Gasteiger partial charge in [0.05, 0.1) is 10.6 Å². The highest BCUT2D eigenvalue weighted by Crippen LogP contribution is 2.33. The Morgan fingerprint density at radius 1 is 0.783 bits per heavy atom. The summed E-state index contributed by atoms with van der Waals surface area (Å²) in [6, 6.07) is 15.3. The van der Waals surface area contributed by atoms with E-state index in [1.54, 1.807) is 23.6 Å². The lowest BCUT2D eigenvalue weighted by molar-refractivity contribution is 1.30. The summed E-state index contributed by atoms with van der Waals surface area (Å²) in [7, 11) is 0. The van der Waals surface area contributed by atoms with E-state index in [-0.39, 0.29) is 11.7 Å². The van der Waals surface area contributed by atoms with Gasteiger partial charge in [-0.1, -0.05) is 24.3 Å². The number of nitrogen functional groups attached to an aromatic ring is 2. The highest BCUT2D eigenvalue weighted by Gasteiger charge is 2.07. The fraction of sp³-hybridized carbons (Fsp3) is 0. The van der Waals surface area contributed by atoms with Gasteiger partial charge in [0.2, 0.25) is 0 Å². The molecule has 0 atom stereocenters. The van der Waals surface area contributed by atoms with Gasteiger partial charge in [0.15, 0.2) is 0 Å². The number of aromatic nitrogens is 1. The van der Waals surface area contributed by atoms with E-state index in [2.05, 4.69) is 4.98 Å². The first-order valence-corrected chi connectivity index (χ1v) is 7.72. The van der Waals surface area contributed by atoms with Crippen molar-refractivity contribution in [3.63, 3.8) is 0 Å². The second-order valence-electron chi connectivity index (χ2n) is 5.00. The third-order valence-corrected chi connectivity index (χ3v) is 4.57. The van der Waals surface area contributed by atoms with Gasteiger partial charge in [-0.2, -0.15) is 0 Å². The summed E-state index contributed by atoms with van der Waals surface area (Å²) in [5, 5.41) is 14.8. The Bertz CT molecular complexity index is 791. The lowest BCUT2D eigenvalue weighted by Crippen LogP contribution is -2.10. The molecule has 0 aliphatic heterocycles. The third-order valence-electron chi connectivity index (χ3n) is 3.41. The molecule has 3 rings (SSSR count). The number of benzene rings is 1. The Hall–Kier alpha value is -2.99. The lowest BCUT2D eigenvalue weighted by atomic mass is 10.1. The van der Waals surface area contributed by atoms with E-state index >= 15 is 0 Å². The topological polar surface area (TPSA) is 113 Å². The van der Waals surface area contributed by atoms with Crippen LogP contribution < -0.4 is 11.5 Å². The molecule has 6 N–H and O–H groups in total. The molecule has 0 radical (unpaired) electrons. The van der Waals surface area contributed by atoms with Crippen LogP contribution in [0.2, 0.25) is 0 Å². The van der Waals surface area contributed by atoms with E-state index in [1.807, 2.05) is 42.5 Å². The minimum atomic E-state index is 0.0153. The molecule has 5 nitrogen and oxygen atoms in total. The maximum absolute atomic E-state index is 7.42. The summed E-state index contributed by atoms with van der Waals surface area (Å²) in [5.41, 5.74) is 14.2. The number of nitrogens with two attached hydrogens (primary N) is 2. The first-order chi connectivity index (χ1) is 11.0. The van der Waals surface area contributed by atoms with Gasteiger partial charge in [-0.25, -0.2) is 0 Å². The van der Waals surface area contributed by atoms with Crippen molar-refractivity contribution in [2.75, 3.05) is 0 Å². The minimum absolute atomic E-state index is 0.0153. The molecule has 114 valence electrons. The molecule has 0 spiro atoms. The molecule has 3 aromatic rings. The summed E-state index contributed by atoms with van der Waals surface area (Å²) < 4.78 is 0. The Morgan fingerprint density at radius 3 is 1.96 bits per heavy atom. The molecule has 0 saturated heterocycles. The zero-order valence-electron chi connectivity index (χ0n) is 12.2. The first kappa shape index (κ1) is 14.9. The predicted octanol–water partition coefficient (Wildman–Crippen LogP) is 3.05. The van der Waals surface area contributed by atoms with E-state index in [9.17, 15) is 0 Å². The second-order valence-corrected chi connectivity index (χ2v) is 6.08. The van der Waals surface area contributed by atoms with Gasteiger partial charge in [-0.15, -0.1) is 11.3 Å². The van der Waals surface area contributed by atoms with Gasteiger partial charge in [0, 0.05) is 22.2 Å². The van der Waals surface area contributed by atoms with Gasteiger partial charge >= 0.3 is 0 Å². The van der Waals surface area contributed by atoms with Crippen LogP contribution in [0.15, 0.2) is 54.7 Å². The largest absolute Gasteiger partial charge is 0.384 e. The zero-order valence-corrected chi connectivity index (χ0v) is 13.0. The van der Waals surface area contributed by atoms with Crippen LogP contribution in [0.3, 0.4) is 0 Å². The Morgan fingerprint density at radius 2 is 1.39 bits per heavy atom. The van der Waals surface area contributed by atoms with Crippen molar-refractivity contribution >= 4 is 23.0 Å². The highest BCUT2D eigenvalue weighted by molar-refractivity contribution is 7.18. The molecule has 6 heteroatoms. The molecule has 0 bridgehead atoms. The molecule has 0 fully saturated rings. The van der Waals surface area contributed by atoms with Crippen LogP contribution in [0.25, 0.3) is 21.0 Å². The Balaban J connectivity index is 1.87. The number of nitrogens with zero attached hydrogens (tertiary/aromatic N) is 1. The van der Waals surface area contributed by atoms with Gasteiger partial charge in [-0.3, -0.25) is 15.8 Å². The summed E-state index contributed by atoms with van der Waals surface area (Å²) in [5.74, 6) is 0.0830. The van der Waals surface area contributed by atoms with Crippen LogP contribution in [-0.2, 0) is 0 Å². The van der Waals surface area contributed by atoms with Crippen LogP contribution in [0.5, 0.6) is 0 Å². The number of pyridine rings is 1. The standard InChI is InChI=1S/C17H15N5S/c18-16(19)11-3-1-10(2-4-11)14-7-8-15(23-14)13-6-5-12(9-22-13)17(20)21/h1-9H,(H3,18,19)(H3,20,21). The van der Waals surface area contributed by atoms with Crippen molar-refractivity contribution in [1.82, 2.24) is 4.98 Å². The molecule has 23 heavy (non-hydrogen) atoms. The van der Waals surface area contributed by atoms with Gasteiger partial charge < -0.3 is 11.5 Å². The van der Waals surface area contributed by atoms with Gasteiger partial charge in [0.25, 0.3) is 0 Å². The van der Waals surface area contributed by atoms with Crippen LogP contribution in [0.1, 0.15) is 11.1 Å². The van der Waals surface area contributed by atoms with E-state index in [1.165, 1.54) is 0 Å². The van der Waals surface area contributed by atoms with Crippen molar-refractivity contribution < 1.29 is 0 Å².